The Balaban J connectivity index is -0.000000313. The van der Waals surface area contributed by atoms with Gasteiger partial charge in [-0.05, 0) is 36.8 Å². The maximum absolute atomic E-state index is 2.26. The van der Waals surface area contributed by atoms with Gasteiger partial charge in [-0.3, -0.25) is 0 Å². The van der Waals surface area contributed by atoms with Crippen molar-refractivity contribution in [3.63, 3.8) is 0 Å². The Labute approximate surface area is 153 Å². The van der Waals surface area contributed by atoms with Gasteiger partial charge in [-0.2, -0.15) is 0 Å². The Hall–Kier alpha value is -1.56. The van der Waals surface area contributed by atoms with Crippen LogP contribution in [0.3, 0.4) is 0 Å². The second-order valence-corrected chi connectivity index (χ2v) is 6.14. The molecule has 0 spiro atoms. The Morgan fingerprint density at radius 3 is 1.25 bits per heavy atom. The molecule has 0 saturated carbocycles. The molecule has 0 aliphatic rings. The van der Waals surface area contributed by atoms with Gasteiger partial charge in [-0.15, -0.1) is 0 Å². The van der Waals surface area contributed by atoms with E-state index in [1.165, 1.54) is 22.3 Å². The molecular weight excluding hydrogens is 288 g/mol. The lowest BCUT2D eigenvalue weighted by atomic mass is 9.99. The molecule has 0 aliphatic heterocycles. The van der Waals surface area contributed by atoms with Gasteiger partial charge in [0.25, 0.3) is 0 Å². The van der Waals surface area contributed by atoms with Gasteiger partial charge in [0, 0.05) is 0 Å². The molecule has 0 aliphatic carbocycles. The summed E-state index contributed by atoms with van der Waals surface area (Å²) in [5.74, 6) is 1.31. The van der Waals surface area contributed by atoms with Crippen LogP contribution in [0.5, 0.6) is 0 Å². The molecule has 24 heavy (non-hydrogen) atoms. The van der Waals surface area contributed by atoms with Crippen molar-refractivity contribution in [2.75, 3.05) is 0 Å². The average Bonchev–Trinajstić information content (AvgIpc) is 2.50. The minimum absolute atomic E-state index is 0. The van der Waals surface area contributed by atoms with E-state index in [-0.39, 0.29) is 14.9 Å². The Bertz CT molecular complexity index is 487. The third-order valence-electron chi connectivity index (χ3n) is 3.38. The minimum Gasteiger partial charge on any atom is -0.0776 e. The van der Waals surface area contributed by atoms with Crippen LogP contribution in [0.2, 0.25) is 0 Å². The van der Waals surface area contributed by atoms with E-state index in [0.717, 1.165) is 0 Å². The third kappa shape index (κ3) is 11.0. The van der Waals surface area contributed by atoms with Gasteiger partial charge in [0.1, 0.15) is 0 Å². The molecule has 0 bridgehead atoms. The van der Waals surface area contributed by atoms with Crippen LogP contribution in [0.4, 0.5) is 0 Å². The molecule has 2 aromatic rings. The molecule has 0 fully saturated rings. The molecule has 138 valence electrons. The van der Waals surface area contributed by atoms with E-state index < -0.39 is 0 Å². The summed E-state index contributed by atoms with van der Waals surface area (Å²) >= 11 is 0. The summed E-state index contributed by atoms with van der Waals surface area (Å²) < 4.78 is 0. The molecule has 0 amide bonds. The molecule has 0 heteroatoms. The van der Waals surface area contributed by atoms with Crippen molar-refractivity contribution in [1.82, 2.24) is 0 Å². The first kappa shape index (κ1) is 27.3. The zero-order valence-corrected chi connectivity index (χ0v) is 15.8. The molecule has 0 saturated heterocycles. The summed E-state index contributed by atoms with van der Waals surface area (Å²) in [5, 5.41) is 0. The van der Waals surface area contributed by atoms with Gasteiger partial charge in [0.2, 0.25) is 0 Å². The minimum atomic E-state index is 0. The monoisotopic (exact) mass is 330 g/mol. The SMILES string of the molecule is C.C.CC.CC(C)c1ccccc1.Cc1cc(C)cc(C(C)C)c1. The van der Waals surface area contributed by atoms with Crippen LogP contribution in [0, 0.1) is 13.8 Å². The van der Waals surface area contributed by atoms with E-state index in [1.807, 2.05) is 19.9 Å². The number of rotatable bonds is 2. The molecule has 0 heterocycles. The fraction of sp³-hybridized carbons (Fsp3) is 0.500. The highest BCUT2D eigenvalue weighted by Gasteiger charge is 1.99. The quantitative estimate of drug-likeness (QED) is 0.517. The van der Waals surface area contributed by atoms with Crippen molar-refractivity contribution in [2.24, 2.45) is 0 Å². The average molecular weight is 331 g/mol. The van der Waals surface area contributed by atoms with Crippen LogP contribution in [0.15, 0.2) is 48.5 Å². The maximum Gasteiger partial charge on any atom is -0.0219 e. The first-order chi connectivity index (χ1) is 10.4. The van der Waals surface area contributed by atoms with Crippen molar-refractivity contribution in [2.45, 2.75) is 82.1 Å². The van der Waals surface area contributed by atoms with Gasteiger partial charge in [0.05, 0.1) is 0 Å². The molecule has 0 unspecified atom stereocenters. The second kappa shape index (κ2) is 15.0. The zero-order chi connectivity index (χ0) is 17.1. The van der Waals surface area contributed by atoms with Gasteiger partial charge in [-0.25, -0.2) is 0 Å². The van der Waals surface area contributed by atoms with E-state index in [4.69, 9.17) is 0 Å². The summed E-state index contributed by atoms with van der Waals surface area (Å²) in [6, 6.07) is 17.3. The van der Waals surface area contributed by atoms with Crippen LogP contribution in [-0.4, -0.2) is 0 Å². The Morgan fingerprint density at radius 2 is 0.958 bits per heavy atom. The molecular formula is C24H42. The van der Waals surface area contributed by atoms with Crippen LogP contribution in [0.1, 0.15) is 90.5 Å². The Kier molecular flexibility index (Phi) is 17.1. The summed E-state index contributed by atoms with van der Waals surface area (Å²) in [6.45, 7) is 17.2. The van der Waals surface area contributed by atoms with Crippen LogP contribution in [0.25, 0.3) is 0 Å². The number of benzene rings is 2. The lowest BCUT2D eigenvalue weighted by Gasteiger charge is -2.07. The van der Waals surface area contributed by atoms with Crippen LogP contribution < -0.4 is 0 Å². The van der Waals surface area contributed by atoms with Crippen LogP contribution in [-0.2, 0) is 0 Å². The molecule has 0 aromatic heterocycles. The van der Waals surface area contributed by atoms with E-state index in [2.05, 4.69) is 84.0 Å². The van der Waals surface area contributed by atoms with Crippen molar-refractivity contribution in [3.8, 4) is 0 Å². The van der Waals surface area contributed by atoms with Crippen molar-refractivity contribution in [3.05, 3.63) is 70.8 Å². The predicted molar refractivity (Wildman–Crippen MR) is 115 cm³/mol. The number of hydrogen-bond donors (Lipinski definition) is 0. The fourth-order valence-corrected chi connectivity index (χ4v) is 2.18. The molecule has 0 N–H and O–H groups in total. The van der Waals surface area contributed by atoms with Crippen LogP contribution >= 0.6 is 0 Å². The smallest absolute Gasteiger partial charge is 0.0219 e. The summed E-state index contributed by atoms with van der Waals surface area (Å²) in [6.07, 6.45) is 0. The van der Waals surface area contributed by atoms with Gasteiger partial charge in [-0.1, -0.05) is 116 Å². The van der Waals surface area contributed by atoms with Crippen molar-refractivity contribution >= 4 is 0 Å². The summed E-state index contributed by atoms with van der Waals surface area (Å²) in [5.41, 5.74) is 5.60. The van der Waals surface area contributed by atoms with Crippen molar-refractivity contribution < 1.29 is 0 Å². The van der Waals surface area contributed by atoms with Gasteiger partial charge in [0.15, 0.2) is 0 Å². The Morgan fingerprint density at radius 1 is 0.583 bits per heavy atom. The van der Waals surface area contributed by atoms with E-state index >= 15 is 0 Å². The highest BCUT2D eigenvalue weighted by Crippen LogP contribution is 2.17. The standard InChI is InChI=1S/C11H16.C9H12.C2H6.2CH4/c1-8(2)11-6-9(3)5-10(4)7-11;1-8(2)9-6-4-3-5-7-9;1-2;;/h5-8H,1-4H3;3-8H,1-2H3;1-2H3;2*1H4. The zero-order valence-electron chi connectivity index (χ0n) is 15.8. The molecule has 0 nitrogen and oxygen atoms in total. The molecule has 2 rings (SSSR count). The fourth-order valence-electron chi connectivity index (χ4n) is 2.18. The van der Waals surface area contributed by atoms with Crippen molar-refractivity contribution in [1.29, 1.82) is 0 Å². The number of aryl methyl sites for hydroxylation is 2. The van der Waals surface area contributed by atoms with Gasteiger partial charge < -0.3 is 0 Å². The highest BCUT2D eigenvalue weighted by atomic mass is 14.0. The summed E-state index contributed by atoms with van der Waals surface area (Å²) in [7, 11) is 0. The third-order valence-corrected chi connectivity index (χ3v) is 3.38. The predicted octanol–water partition coefficient (Wildman–Crippen LogP) is 8.54. The molecule has 2 aromatic carbocycles. The largest absolute Gasteiger partial charge is 0.0776 e. The normalized spacial score (nSPS) is 8.92. The van der Waals surface area contributed by atoms with E-state index in [9.17, 15) is 0 Å². The molecule has 0 atom stereocenters. The lowest BCUT2D eigenvalue weighted by molar-refractivity contribution is 0.863. The first-order valence-electron chi connectivity index (χ1n) is 8.53. The maximum atomic E-state index is 2.26. The first-order valence-corrected chi connectivity index (χ1v) is 8.53. The molecule has 0 radical (unpaired) electrons. The van der Waals surface area contributed by atoms with E-state index in [1.54, 1.807) is 0 Å². The number of hydrogen-bond acceptors (Lipinski definition) is 0. The van der Waals surface area contributed by atoms with E-state index in [0.29, 0.717) is 11.8 Å². The summed E-state index contributed by atoms with van der Waals surface area (Å²) in [4.78, 5) is 0. The van der Waals surface area contributed by atoms with Gasteiger partial charge >= 0.3 is 0 Å². The highest BCUT2D eigenvalue weighted by molar-refractivity contribution is 5.30. The topological polar surface area (TPSA) is 0 Å². The second-order valence-electron chi connectivity index (χ2n) is 6.14. The lowest BCUT2D eigenvalue weighted by Crippen LogP contribution is -1.89.